The normalized spacial score (nSPS) is 20.0. The molecular formula is C14H25N5O2. The molecular weight excluding hydrogens is 270 g/mol. The third kappa shape index (κ3) is 4.34. The highest BCUT2D eigenvalue weighted by atomic mass is 16.2. The summed E-state index contributed by atoms with van der Waals surface area (Å²) < 4.78 is 0. The van der Waals surface area contributed by atoms with Gasteiger partial charge in [0.2, 0.25) is 11.8 Å². The summed E-state index contributed by atoms with van der Waals surface area (Å²) in [5, 5.41) is 5.83. The standard InChI is InChI=1S/C14H25N5O2/c1-10(2)17-12(20)8-16-14(15-3)18-6-7-19(11-4-5-11)13(21)9-18/h10-11H,4-9H2,1-3H3,(H,15,16)(H,17,20). The Morgan fingerprint density at radius 1 is 1.38 bits per heavy atom. The first kappa shape index (κ1) is 15.6. The summed E-state index contributed by atoms with van der Waals surface area (Å²) in [4.78, 5) is 31.8. The number of hydrogen-bond acceptors (Lipinski definition) is 3. The van der Waals surface area contributed by atoms with Crippen LogP contribution in [0.15, 0.2) is 4.99 Å². The third-order valence-corrected chi connectivity index (χ3v) is 3.61. The zero-order valence-corrected chi connectivity index (χ0v) is 13.1. The van der Waals surface area contributed by atoms with E-state index in [1.807, 2.05) is 23.6 Å². The molecule has 118 valence electrons. The number of nitrogens with one attached hydrogen (secondary N) is 2. The second-order valence-corrected chi connectivity index (χ2v) is 5.86. The topological polar surface area (TPSA) is 77.0 Å². The Morgan fingerprint density at radius 3 is 2.62 bits per heavy atom. The van der Waals surface area contributed by atoms with E-state index in [9.17, 15) is 9.59 Å². The third-order valence-electron chi connectivity index (χ3n) is 3.61. The lowest BCUT2D eigenvalue weighted by Crippen LogP contribution is -2.56. The maximum Gasteiger partial charge on any atom is 0.242 e. The first-order valence-corrected chi connectivity index (χ1v) is 7.55. The first-order valence-electron chi connectivity index (χ1n) is 7.55. The molecule has 2 aliphatic rings. The number of carbonyl (C=O) groups is 2. The molecule has 1 saturated carbocycles. The van der Waals surface area contributed by atoms with Crippen molar-refractivity contribution in [2.45, 2.75) is 38.8 Å². The van der Waals surface area contributed by atoms with Gasteiger partial charge in [0, 0.05) is 32.2 Å². The largest absolute Gasteiger partial charge is 0.352 e. The van der Waals surface area contributed by atoms with Gasteiger partial charge in [-0.1, -0.05) is 0 Å². The van der Waals surface area contributed by atoms with Crippen LogP contribution >= 0.6 is 0 Å². The number of amides is 2. The number of aliphatic imine (C=N–C) groups is 1. The molecule has 0 aromatic rings. The molecule has 2 rings (SSSR count). The highest BCUT2D eigenvalue weighted by Gasteiger charge is 2.36. The Bertz CT molecular complexity index is 431. The Balaban J connectivity index is 1.81. The molecule has 0 aromatic carbocycles. The molecule has 1 heterocycles. The second-order valence-electron chi connectivity index (χ2n) is 5.86. The van der Waals surface area contributed by atoms with Crippen molar-refractivity contribution >= 4 is 17.8 Å². The van der Waals surface area contributed by atoms with Crippen molar-refractivity contribution in [2.75, 3.05) is 33.2 Å². The summed E-state index contributed by atoms with van der Waals surface area (Å²) in [6, 6.07) is 0.580. The van der Waals surface area contributed by atoms with E-state index in [-0.39, 0.29) is 24.4 Å². The molecule has 0 radical (unpaired) electrons. The van der Waals surface area contributed by atoms with Crippen LogP contribution in [0.3, 0.4) is 0 Å². The fourth-order valence-corrected chi connectivity index (χ4v) is 2.50. The van der Waals surface area contributed by atoms with Crippen LogP contribution in [0.2, 0.25) is 0 Å². The Morgan fingerprint density at radius 2 is 2.10 bits per heavy atom. The van der Waals surface area contributed by atoms with E-state index < -0.39 is 0 Å². The lowest BCUT2D eigenvalue weighted by molar-refractivity contribution is -0.135. The maximum atomic E-state index is 12.1. The highest BCUT2D eigenvalue weighted by Crippen LogP contribution is 2.27. The van der Waals surface area contributed by atoms with Crippen LogP contribution < -0.4 is 10.6 Å². The quantitative estimate of drug-likeness (QED) is 0.536. The Hall–Kier alpha value is -1.79. The molecule has 2 amide bonds. The van der Waals surface area contributed by atoms with Gasteiger partial charge in [0.1, 0.15) is 0 Å². The molecule has 0 aromatic heterocycles. The van der Waals surface area contributed by atoms with Gasteiger partial charge < -0.3 is 20.4 Å². The van der Waals surface area contributed by atoms with Crippen molar-refractivity contribution in [3.63, 3.8) is 0 Å². The van der Waals surface area contributed by atoms with Gasteiger partial charge in [0.25, 0.3) is 0 Å². The summed E-state index contributed by atoms with van der Waals surface area (Å²) in [5.74, 6) is 0.685. The molecule has 1 aliphatic carbocycles. The molecule has 1 saturated heterocycles. The van der Waals surface area contributed by atoms with Gasteiger partial charge in [0.15, 0.2) is 5.96 Å². The molecule has 2 N–H and O–H groups in total. The summed E-state index contributed by atoms with van der Waals surface area (Å²) in [5.41, 5.74) is 0. The summed E-state index contributed by atoms with van der Waals surface area (Å²) >= 11 is 0. The SMILES string of the molecule is CN=C(NCC(=O)NC(C)C)N1CCN(C2CC2)C(=O)C1. The molecule has 0 unspecified atom stereocenters. The summed E-state index contributed by atoms with van der Waals surface area (Å²) in [7, 11) is 1.67. The Kier molecular flexibility index (Phi) is 5.03. The van der Waals surface area contributed by atoms with E-state index in [0.717, 1.165) is 25.9 Å². The fourth-order valence-electron chi connectivity index (χ4n) is 2.50. The van der Waals surface area contributed by atoms with Crippen LogP contribution in [0.25, 0.3) is 0 Å². The molecule has 0 bridgehead atoms. The van der Waals surface area contributed by atoms with Gasteiger partial charge in [-0.3, -0.25) is 14.6 Å². The highest BCUT2D eigenvalue weighted by molar-refractivity contribution is 5.90. The summed E-state index contributed by atoms with van der Waals surface area (Å²) in [6.07, 6.45) is 2.27. The van der Waals surface area contributed by atoms with Crippen molar-refractivity contribution < 1.29 is 9.59 Å². The van der Waals surface area contributed by atoms with Gasteiger partial charge in [-0.25, -0.2) is 0 Å². The number of carbonyl (C=O) groups excluding carboxylic acids is 2. The average molecular weight is 295 g/mol. The van der Waals surface area contributed by atoms with Gasteiger partial charge in [0.05, 0.1) is 13.1 Å². The average Bonchev–Trinajstić information content (AvgIpc) is 3.23. The Labute approximate surface area is 125 Å². The number of hydrogen-bond donors (Lipinski definition) is 2. The number of rotatable bonds is 4. The van der Waals surface area contributed by atoms with Crippen LogP contribution in [-0.2, 0) is 9.59 Å². The summed E-state index contributed by atoms with van der Waals surface area (Å²) in [6.45, 7) is 5.84. The van der Waals surface area contributed by atoms with Crippen LogP contribution in [0.1, 0.15) is 26.7 Å². The molecule has 0 atom stereocenters. The minimum Gasteiger partial charge on any atom is -0.352 e. The lowest BCUT2D eigenvalue weighted by atomic mass is 10.3. The number of guanidine groups is 1. The van der Waals surface area contributed by atoms with Crippen molar-refractivity contribution in [2.24, 2.45) is 4.99 Å². The van der Waals surface area contributed by atoms with Crippen molar-refractivity contribution in [3.8, 4) is 0 Å². The maximum absolute atomic E-state index is 12.1. The van der Waals surface area contributed by atoms with Crippen LogP contribution in [0.5, 0.6) is 0 Å². The smallest absolute Gasteiger partial charge is 0.242 e. The number of nitrogens with zero attached hydrogens (tertiary/aromatic N) is 3. The minimum absolute atomic E-state index is 0.0749. The van der Waals surface area contributed by atoms with E-state index in [2.05, 4.69) is 15.6 Å². The molecule has 7 nitrogen and oxygen atoms in total. The van der Waals surface area contributed by atoms with Crippen LogP contribution in [0, 0.1) is 0 Å². The minimum atomic E-state index is -0.0749. The second kappa shape index (κ2) is 6.78. The van der Waals surface area contributed by atoms with E-state index >= 15 is 0 Å². The van der Waals surface area contributed by atoms with Crippen molar-refractivity contribution in [1.82, 2.24) is 20.4 Å². The molecule has 21 heavy (non-hydrogen) atoms. The zero-order chi connectivity index (χ0) is 15.4. The van der Waals surface area contributed by atoms with E-state index in [0.29, 0.717) is 18.5 Å². The predicted molar refractivity (Wildman–Crippen MR) is 80.9 cm³/mol. The predicted octanol–water partition coefficient (Wildman–Crippen LogP) is -0.607. The number of piperazine rings is 1. The van der Waals surface area contributed by atoms with Gasteiger partial charge >= 0.3 is 0 Å². The molecule has 7 heteroatoms. The first-order chi connectivity index (χ1) is 10.0. The molecule has 2 fully saturated rings. The van der Waals surface area contributed by atoms with Gasteiger partial charge in [-0.2, -0.15) is 0 Å². The van der Waals surface area contributed by atoms with Crippen molar-refractivity contribution in [1.29, 1.82) is 0 Å². The zero-order valence-electron chi connectivity index (χ0n) is 13.1. The van der Waals surface area contributed by atoms with Gasteiger partial charge in [-0.15, -0.1) is 0 Å². The van der Waals surface area contributed by atoms with Crippen molar-refractivity contribution in [3.05, 3.63) is 0 Å². The van der Waals surface area contributed by atoms with E-state index in [1.165, 1.54) is 0 Å². The monoisotopic (exact) mass is 295 g/mol. The van der Waals surface area contributed by atoms with Gasteiger partial charge in [-0.05, 0) is 26.7 Å². The van der Waals surface area contributed by atoms with Crippen LogP contribution in [-0.4, -0.2) is 72.9 Å². The molecule has 1 aliphatic heterocycles. The lowest BCUT2D eigenvalue weighted by Gasteiger charge is -2.36. The van der Waals surface area contributed by atoms with E-state index in [4.69, 9.17) is 0 Å². The molecule has 0 spiro atoms. The van der Waals surface area contributed by atoms with E-state index in [1.54, 1.807) is 7.05 Å². The fraction of sp³-hybridized carbons (Fsp3) is 0.786. The van der Waals surface area contributed by atoms with Crippen LogP contribution in [0.4, 0.5) is 0 Å².